The summed E-state index contributed by atoms with van der Waals surface area (Å²) >= 11 is 0. The van der Waals surface area contributed by atoms with Gasteiger partial charge < -0.3 is 15.2 Å². The molecule has 0 atom stereocenters. The lowest BCUT2D eigenvalue weighted by molar-refractivity contribution is 0.474. The van der Waals surface area contributed by atoms with E-state index in [1.807, 2.05) is 35.9 Å². The van der Waals surface area contributed by atoms with E-state index >= 15 is 0 Å². The van der Waals surface area contributed by atoms with Crippen molar-refractivity contribution in [3.05, 3.63) is 66.6 Å². The Balaban J connectivity index is 1.59. The van der Waals surface area contributed by atoms with Crippen molar-refractivity contribution < 1.29 is 0 Å². The van der Waals surface area contributed by atoms with Crippen molar-refractivity contribution in [2.75, 3.05) is 23.7 Å². The normalized spacial score (nSPS) is 14.2. The number of aromatic nitrogens is 6. The summed E-state index contributed by atoms with van der Waals surface area (Å²) in [5, 5.41) is 26.6. The first-order valence-electron chi connectivity index (χ1n) is 10.8. The summed E-state index contributed by atoms with van der Waals surface area (Å²) < 4.78 is 1.99. The van der Waals surface area contributed by atoms with E-state index in [2.05, 4.69) is 36.3 Å². The summed E-state index contributed by atoms with van der Waals surface area (Å²) in [4.78, 5) is 6.40. The van der Waals surface area contributed by atoms with Crippen molar-refractivity contribution in [2.24, 2.45) is 7.05 Å². The van der Waals surface area contributed by atoms with Gasteiger partial charge in [0.2, 0.25) is 0 Å². The Morgan fingerprint density at radius 3 is 2.45 bits per heavy atom. The highest BCUT2D eigenvalue weighted by molar-refractivity contribution is 5.89. The Kier molecular flexibility index (Phi) is 5.40. The maximum atomic E-state index is 10.3. The fourth-order valence-electron chi connectivity index (χ4n) is 4.60. The standard InChI is InChI=1S/C24H23N9/c1-32-15-30-31-24(32)16-6-10-33(11-7-16)23-20(18-5-9-28-29-14-18)3-2-19(21(23)13-25)17-4-8-27-22(26)12-17/h2-5,8-9,12,14-16H,6-7,10-11H2,1H3,(H2,26,27). The molecule has 1 fully saturated rings. The van der Waals surface area contributed by atoms with Gasteiger partial charge >= 0.3 is 0 Å². The monoisotopic (exact) mass is 437 g/mol. The Hall–Kier alpha value is -4.32. The van der Waals surface area contributed by atoms with Crippen molar-refractivity contribution in [1.82, 2.24) is 29.9 Å². The molecule has 2 N–H and O–H groups in total. The maximum absolute atomic E-state index is 10.3. The predicted octanol–water partition coefficient (Wildman–Crippen LogP) is 3.17. The first-order valence-corrected chi connectivity index (χ1v) is 10.8. The third-order valence-corrected chi connectivity index (χ3v) is 6.20. The number of piperidine rings is 1. The molecule has 1 aliphatic heterocycles. The number of pyridine rings is 1. The molecule has 0 aliphatic carbocycles. The van der Waals surface area contributed by atoms with Crippen LogP contribution in [0.2, 0.25) is 0 Å². The number of hydrogen-bond donors (Lipinski definition) is 1. The summed E-state index contributed by atoms with van der Waals surface area (Å²) in [5.41, 5.74) is 11.1. The van der Waals surface area contributed by atoms with Crippen LogP contribution in [0.5, 0.6) is 0 Å². The zero-order valence-corrected chi connectivity index (χ0v) is 18.3. The minimum absolute atomic E-state index is 0.341. The largest absolute Gasteiger partial charge is 0.384 e. The highest BCUT2D eigenvalue weighted by Crippen LogP contribution is 2.41. The van der Waals surface area contributed by atoms with E-state index in [-0.39, 0.29) is 0 Å². The fourth-order valence-corrected chi connectivity index (χ4v) is 4.60. The van der Waals surface area contributed by atoms with Crippen LogP contribution in [0.4, 0.5) is 11.5 Å². The minimum atomic E-state index is 0.341. The van der Waals surface area contributed by atoms with E-state index in [1.165, 1.54) is 0 Å². The molecule has 1 aromatic carbocycles. The molecule has 9 nitrogen and oxygen atoms in total. The average molecular weight is 438 g/mol. The van der Waals surface area contributed by atoms with Gasteiger partial charge in [0, 0.05) is 48.9 Å². The molecule has 1 saturated heterocycles. The van der Waals surface area contributed by atoms with E-state index in [0.29, 0.717) is 17.3 Å². The summed E-state index contributed by atoms with van der Waals surface area (Å²) in [6.07, 6.45) is 8.67. The zero-order valence-electron chi connectivity index (χ0n) is 18.3. The molecular formula is C24H23N9. The van der Waals surface area contributed by atoms with Gasteiger partial charge in [-0.15, -0.1) is 10.2 Å². The van der Waals surface area contributed by atoms with Gasteiger partial charge in [0.05, 0.1) is 23.6 Å². The van der Waals surface area contributed by atoms with E-state index in [9.17, 15) is 5.26 Å². The number of rotatable bonds is 4. The maximum Gasteiger partial charge on any atom is 0.135 e. The molecule has 0 radical (unpaired) electrons. The molecule has 5 rings (SSSR count). The van der Waals surface area contributed by atoms with Crippen molar-refractivity contribution in [1.29, 1.82) is 5.26 Å². The van der Waals surface area contributed by atoms with E-state index in [1.54, 1.807) is 31.0 Å². The fraction of sp³-hybridized carbons (Fsp3) is 0.250. The van der Waals surface area contributed by atoms with Crippen LogP contribution >= 0.6 is 0 Å². The highest BCUT2D eigenvalue weighted by Gasteiger charge is 2.28. The number of nitrogens with zero attached hydrogens (tertiary/aromatic N) is 8. The number of benzene rings is 1. The van der Waals surface area contributed by atoms with E-state index in [4.69, 9.17) is 5.73 Å². The second-order valence-electron chi connectivity index (χ2n) is 8.16. The quantitative estimate of drug-likeness (QED) is 0.516. The van der Waals surface area contributed by atoms with Crippen molar-refractivity contribution in [2.45, 2.75) is 18.8 Å². The third-order valence-electron chi connectivity index (χ3n) is 6.20. The molecule has 164 valence electrons. The Morgan fingerprint density at radius 2 is 1.79 bits per heavy atom. The van der Waals surface area contributed by atoms with Gasteiger partial charge in [-0.2, -0.15) is 15.5 Å². The van der Waals surface area contributed by atoms with Gasteiger partial charge in [0.15, 0.2) is 0 Å². The van der Waals surface area contributed by atoms with E-state index < -0.39 is 0 Å². The number of anilines is 2. The molecule has 0 amide bonds. The van der Waals surface area contributed by atoms with Gasteiger partial charge in [-0.25, -0.2) is 4.98 Å². The van der Waals surface area contributed by atoms with E-state index in [0.717, 1.165) is 59.7 Å². The van der Waals surface area contributed by atoms with Crippen LogP contribution in [0.25, 0.3) is 22.3 Å². The predicted molar refractivity (Wildman–Crippen MR) is 125 cm³/mol. The van der Waals surface area contributed by atoms with Crippen molar-refractivity contribution in [3.63, 3.8) is 0 Å². The van der Waals surface area contributed by atoms with Crippen LogP contribution in [0.3, 0.4) is 0 Å². The second-order valence-corrected chi connectivity index (χ2v) is 8.16. The average Bonchev–Trinajstić information content (AvgIpc) is 3.29. The first kappa shape index (κ1) is 20.6. The lowest BCUT2D eigenvalue weighted by Crippen LogP contribution is -2.34. The minimum Gasteiger partial charge on any atom is -0.384 e. The molecular weight excluding hydrogens is 414 g/mol. The molecule has 0 spiro atoms. The Morgan fingerprint density at radius 1 is 1.00 bits per heavy atom. The van der Waals surface area contributed by atoms with Gasteiger partial charge in [-0.3, -0.25) is 0 Å². The van der Waals surface area contributed by atoms with Crippen LogP contribution in [0.15, 0.2) is 55.2 Å². The summed E-state index contributed by atoms with van der Waals surface area (Å²) in [5.74, 6) is 1.77. The molecule has 4 aromatic rings. The molecule has 0 saturated carbocycles. The van der Waals surface area contributed by atoms with Crippen LogP contribution in [0.1, 0.15) is 30.1 Å². The lowest BCUT2D eigenvalue weighted by Gasteiger charge is -2.35. The second kappa shape index (κ2) is 8.67. The summed E-state index contributed by atoms with van der Waals surface area (Å²) in [6.45, 7) is 1.61. The SMILES string of the molecule is Cn1cnnc1C1CCN(c2c(-c3ccnnc3)ccc(-c3ccnc(N)c3)c2C#N)CC1. The van der Waals surface area contributed by atoms with Crippen molar-refractivity contribution in [3.8, 4) is 28.3 Å². The highest BCUT2D eigenvalue weighted by atomic mass is 15.3. The molecule has 0 unspecified atom stereocenters. The van der Waals surface area contributed by atoms with Crippen molar-refractivity contribution >= 4 is 11.5 Å². The topological polar surface area (TPSA) is 122 Å². The first-order chi connectivity index (χ1) is 16.2. The van der Waals surface area contributed by atoms with Crippen LogP contribution in [-0.2, 0) is 7.05 Å². The molecule has 4 heterocycles. The van der Waals surface area contributed by atoms with Crippen LogP contribution in [0, 0.1) is 11.3 Å². The van der Waals surface area contributed by atoms with Gasteiger partial charge in [-0.1, -0.05) is 12.1 Å². The molecule has 33 heavy (non-hydrogen) atoms. The van der Waals surface area contributed by atoms with Gasteiger partial charge in [-0.05, 0) is 36.6 Å². The third kappa shape index (κ3) is 3.87. The molecule has 3 aromatic heterocycles. The number of nitriles is 1. The lowest BCUT2D eigenvalue weighted by atomic mass is 9.90. The number of nitrogen functional groups attached to an aromatic ring is 1. The number of nitrogens with two attached hydrogens (primary N) is 1. The van der Waals surface area contributed by atoms with Crippen LogP contribution < -0.4 is 10.6 Å². The Bertz CT molecular complexity index is 1320. The number of aryl methyl sites for hydroxylation is 1. The zero-order chi connectivity index (χ0) is 22.8. The van der Waals surface area contributed by atoms with Crippen LogP contribution in [-0.4, -0.2) is 43.0 Å². The number of hydrogen-bond acceptors (Lipinski definition) is 8. The van der Waals surface area contributed by atoms with Gasteiger partial charge in [0.1, 0.15) is 24.0 Å². The smallest absolute Gasteiger partial charge is 0.135 e. The van der Waals surface area contributed by atoms with Gasteiger partial charge in [0.25, 0.3) is 0 Å². The molecule has 0 bridgehead atoms. The summed E-state index contributed by atoms with van der Waals surface area (Å²) in [6, 6.07) is 12.1. The molecule has 1 aliphatic rings. The Labute approximate surface area is 191 Å². The summed E-state index contributed by atoms with van der Waals surface area (Å²) in [7, 11) is 1.98. The molecule has 9 heteroatoms.